The molecule has 2 saturated carbocycles. The third kappa shape index (κ3) is 2.63. The van der Waals surface area contributed by atoms with E-state index >= 15 is 0 Å². The Balaban J connectivity index is 1.54. The third-order valence-corrected chi connectivity index (χ3v) is 3.44. The molecule has 0 aliphatic heterocycles. The molecule has 0 amide bonds. The molecule has 2 fully saturated rings. The van der Waals surface area contributed by atoms with Crippen LogP contribution in [0.3, 0.4) is 0 Å². The fraction of sp³-hybridized carbons (Fsp3) is 1.00. The van der Waals surface area contributed by atoms with Crippen molar-refractivity contribution >= 4 is 11.6 Å². The first kappa shape index (κ1) is 8.83. The summed E-state index contributed by atoms with van der Waals surface area (Å²) in [4.78, 5) is 0. The summed E-state index contributed by atoms with van der Waals surface area (Å²) in [5, 5.41) is 4.02. The highest BCUT2D eigenvalue weighted by Gasteiger charge is 2.24. The Bertz CT molecular complexity index is 145. The van der Waals surface area contributed by atoms with Gasteiger partial charge in [0.15, 0.2) is 0 Å². The number of hydrogen-bond acceptors (Lipinski definition) is 1. The van der Waals surface area contributed by atoms with Crippen molar-refractivity contribution in [1.29, 1.82) is 0 Å². The van der Waals surface area contributed by atoms with Crippen molar-refractivity contribution in [2.45, 2.75) is 37.5 Å². The summed E-state index contributed by atoms with van der Waals surface area (Å²) in [5.41, 5.74) is 0. The number of rotatable bonds is 4. The van der Waals surface area contributed by atoms with E-state index in [0.717, 1.165) is 11.8 Å². The molecule has 2 aliphatic rings. The van der Waals surface area contributed by atoms with E-state index in [-0.39, 0.29) is 0 Å². The zero-order valence-corrected chi connectivity index (χ0v) is 8.32. The van der Waals surface area contributed by atoms with E-state index in [1.807, 2.05) is 0 Å². The van der Waals surface area contributed by atoms with Gasteiger partial charge in [-0.3, -0.25) is 0 Å². The van der Waals surface area contributed by atoms with Crippen molar-refractivity contribution in [3.05, 3.63) is 0 Å². The Kier molecular flexibility index (Phi) is 2.92. The molecule has 1 nitrogen and oxygen atoms in total. The highest BCUT2D eigenvalue weighted by atomic mass is 35.5. The maximum Gasteiger partial charge on any atom is 0.0339 e. The van der Waals surface area contributed by atoms with Gasteiger partial charge in [-0.2, -0.15) is 0 Å². The highest BCUT2D eigenvalue weighted by Crippen LogP contribution is 2.30. The molecule has 2 heteroatoms. The van der Waals surface area contributed by atoms with Crippen LogP contribution < -0.4 is 5.32 Å². The van der Waals surface area contributed by atoms with Gasteiger partial charge in [0.2, 0.25) is 0 Å². The Morgan fingerprint density at radius 1 is 1.00 bits per heavy atom. The monoisotopic (exact) mass is 187 g/mol. The Morgan fingerprint density at radius 3 is 2.25 bits per heavy atom. The highest BCUT2D eigenvalue weighted by molar-refractivity contribution is 6.20. The summed E-state index contributed by atoms with van der Waals surface area (Å²) >= 11 is 6.03. The zero-order chi connectivity index (χ0) is 8.39. The quantitative estimate of drug-likeness (QED) is 0.667. The van der Waals surface area contributed by atoms with Gasteiger partial charge in [0.25, 0.3) is 0 Å². The summed E-state index contributed by atoms with van der Waals surface area (Å²) in [6, 6.07) is 0. The van der Waals surface area contributed by atoms with E-state index in [4.69, 9.17) is 11.6 Å². The number of alkyl halides is 1. The summed E-state index contributed by atoms with van der Waals surface area (Å²) < 4.78 is 0. The molecule has 2 atom stereocenters. The average molecular weight is 188 g/mol. The second-order valence-corrected chi connectivity index (χ2v) is 5.00. The second-order valence-electron chi connectivity index (χ2n) is 4.38. The molecular weight excluding hydrogens is 170 g/mol. The predicted octanol–water partition coefficient (Wildman–Crippen LogP) is 2.39. The standard InChI is InChI=1S/C10H18ClN/c11-10-4-3-9(5-10)7-12-6-8-1-2-8/h8-10,12H,1-7H2. The number of nitrogens with one attached hydrogen (secondary N) is 1. The van der Waals surface area contributed by atoms with E-state index in [1.54, 1.807) is 0 Å². The molecule has 0 spiro atoms. The van der Waals surface area contributed by atoms with Gasteiger partial charge >= 0.3 is 0 Å². The molecule has 12 heavy (non-hydrogen) atoms. The van der Waals surface area contributed by atoms with E-state index in [2.05, 4.69) is 5.32 Å². The van der Waals surface area contributed by atoms with E-state index in [0.29, 0.717) is 5.38 Å². The molecule has 0 heterocycles. The van der Waals surface area contributed by atoms with Crippen LogP contribution in [0, 0.1) is 11.8 Å². The van der Waals surface area contributed by atoms with Crippen LogP contribution in [0.25, 0.3) is 0 Å². The average Bonchev–Trinajstić information content (AvgIpc) is 2.76. The van der Waals surface area contributed by atoms with Gasteiger partial charge in [0.1, 0.15) is 0 Å². The Hall–Kier alpha value is 0.250. The lowest BCUT2D eigenvalue weighted by molar-refractivity contribution is 0.482. The van der Waals surface area contributed by atoms with Crippen LogP contribution in [0.1, 0.15) is 32.1 Å². The van der Waals surface area contributed by atoms with Crippen molar-refractivity contribution in [2.24, 2.45) is 11.8 Å². The van der Waals surface area contributed by atoms with Crippen molar-refractivity contribution in [3.8, 4) is 0 Å². The lowest BCUT2D eigenvalue weighted by Crippen LogP contribution is -2.23. The Morgan fingerprint density at radius 2 is 1.67 bits per heavy atom. The molecule has 0 aromatic rings. The molecule has 0 aromatic heterocycles. The van der Waals surface area contributed by atoms with Gasteiger partial charge in [-0.25, -0.2) is 0 Å². The fourth-order valence-electron chi connectivity index (χ4n) is 2.01. The molecule has 70 valence electrons. The van der Waals surface area contributed by atoms with Crippen LogP contribution in [0.4, 0.5) is 0 Å². The maximum absolute atomic E-state index is 6.03. The first-order valence-corrected chi connectivity index (χ1v) is 5.63. The zero-order valence-electron chi connectivity index (χ0n) is 7.56. The van der Waals surface area contributed by atoms with E-state index in [9.17, 15) is 0 Å². The lowest BCUT2D eigenvalue weighted by Gasteiger charge is -2.09. The number of halogens is 1. The first-order valence-electron chi connectivity index (χ1n) is 5.19. The van der Waals surface area contributed by atoms with Gasteiger partial charge in [-0.1, -0.05) is 0 Å². The molecule has 2 rings (SSSR count). The van der Waals surface area contributed by atoms with Gasteiger partial charge in [-0.15, -0.1) is 11.6 Å². The molecule has 0 radical (unpaired) electrons. The predicted molar refractivity (Wildman–Crippen MR) is 52.6 cm³/mol. The SMILES string of the molecule is ClC1CCC(CNCC2CC2)C1. The van der Waals surface area contributed by atoms with Crippen molar-refractivity contribution < 1.29 is 0 Å². The van der Waals surface area contributed by atoms with Crippen LogP contribution in [-0.2, 0) is 0 Å². The third-order valence-electron chi connectivity index (χ3n) is 3.04. The smallest absolute Gasteiger partial charge is 0.0339 e. The molecule has 0 bridgehead atoms. The van der Waals surface area contributed by atoms with Crippen molar-refractivity contribution in [3.63, 3.8) is 0 Å². The van der Waals surface area contributed by atoms with E-state index < -0.39 is 0 Å². The van der Waals surface area contributed by atoms with Gasteiger partial charge in [-0.05, 0) is 57.0 Å². The van der Waals surface area contributed by atoms with Crippen molar-refractivity contribution in [1.82, 2.24) is 5.32 Å². The summed E-state index contributed by atoms with van der Waals surface area (Å²) in [6.45, 7) is 2.46. The van der Waals surface area contributed by atoms with Crippen LogP contribution in [0.15, 0.2) is 0 Å². The molecule has 1 N–H and O–H groups in total. The molecule has 2 unspecified atom stereocenters. The van der Waals surface area contributed by atoms with Crippen LogP contribution >= 0.6 is 11.6 Å². The molecule has 0 aromatic carbocycles. The minimum Gasteiger partial charge on any atom is -0.316 e. The minimum absolute atomic E-state index is 0.470. The molecule has 2 aliphatic carbocycles. The van der Waals surface area contributed by atoms with Gasteiger partial charge in [0, 0.05) is 5.38 Å². The van der Waals surface area contributed by atoms with Crippen molar-refractivity contribution in [2.75, 3.05) is 13.1 Å². The summed E-state index contributed by atoms with van der Waals surface area (Å²) in [5.74, 6) is 1.88. The summed E-state index contributed by atoms with van der Waals surface area (Å²) in [7, 11) is 0. The van der Waals surface area contributed by atoms with E-state index in [1.165, 1.54) is 45.2 Å². The van der Waals surface area contributed by atoms with Gasteiger partial charge < -0.3 is 5.32 Å². The first-order chi connectivity index (χ1) is 5.84. The van der Waals surface area contributed by atoms with Gasteiger partial charge in [0.05, 0.1) is 0 Å². The Labute approximate surface area is 79.9 Å². The lowest BCUT2D eigenvalue weighted by atomic mass is 10.1. The fourth-order valence-corrected chi connectivity index (χ4v) is 2.39. The van der Waals surface area contributed by atoms with Crippen LogP contribution in [0.5, 0.6) is 0 Å². The maximum atomic E-state index is 6.03. The normalized spacial score (nSPS) is 35.8. The van der Waals surface area contributed by atoms with Crippen LogP contribution in [-0.4, -0.2) is 18.5 Å². The number of hydrogen-bond donors (Lipinski definition) is 1. The summed E-state index contributed by atoms with van der Waals surface area (Å²) in [6.07, 6.45) is 6.72. The topological polar surface area (TPSA) is 12.0 Å². The molecule has 0 saturated heterocycles. The molecular formula is C10H18ClN. The largest absolute Gasteiger partial charge is 0.316 e. The minimum atomic E-state index is 0.470. The van der Waals surface area contributed by atoms with Crippen LogP contribution in [0.2, 0.25) is 0 Å². The second kappa shape index (κ2) is 3.97.